The van der Waals surface area contributed by atoms with E-state index >= 15 is 0 Å². The van der Waals surface area contributed by atoms with Crippen molar-refractivity contribution in [1.29, 1.82) is 0 Å². The van der Waals surface area contributed by atoms with Gasteiger partial charge in [0.15, 0.2) is 5.65 Å². The maximum atomic E-state index is 5.94. The molecule has 2 rings (SSSR count). The third-order valence-electron chi connectivity index (χ3n) is 2.64. The van der Waals surface area contributed by atoms with Crippen LogP contribution in [0.5, 0.6) is 0 Å². The molecule has 0 radical (unpaired) electrons. The molecule has 0 saturated heterocycles. The van der Waals surface area contributed by atoms with Gasteiger partial charge in [0.25, 0.3) is 0 Å². The Balaban J connectivity index is 2.66. The predicted octanol–water partition coefficient (Wildman–Crippen LogP) is 2.47. The standard InChI is InChI=1S/C11H17ClN4/c1-7(2)6-16-9(5-12)13-10-8(3)14-15(4)11(10)16/h7H,5-6H2,1-4H3. The van der Waals surface area contributed by atoms with Crippen LogP contribution in [-0.4, -0.2) is 19.3 Å². The third-order valence-corrected chi connectivity index (χ3v) is 2.88. The lowest BCUT2D eigenvalue weighted by molar-refractivity contribution is 0.513. The average Bonchev–Trinajstić information content (AvgIpc) is 2.67. The van der Waals surface area contributed by atoms with E-state index in [1.807, 2.05) is 18.7 Å². The number of aryl methyl sites for hydroxylation is 2. The number of rotatable bonds is 3. The maximum Gasteiger partial charge on any atom is 0.158 e. The van der Waals surface area contributed by atoms with Crippen LogP contribution in [-0.2, 0) is 19.5 Å². The minimum absolute atomic E-state index is 0.445. The van der Waals surface area contributed by atoms with Crippen molar-refractivity contribution < 1.29 is 0 Å². The predicted molar refractivity (Wildman–Crippen MR) is 65.6 cm³/mol. The van der Waals surface area contributed by atoms with E-state index in [4.69, 9.17) is 11.6 Å². The molecule has 0 fully saturated rings. The minimum atomic E-state index is 0.445. The molecule has 2 heterocycles. The fourth-order valence-corrected chi connectivity index (χ4v) is 2.24. The Kier molecular flexibility index (Phi) is 2.93. The van der Waals surface area contributed by atoms with Crippen molar-refractivity contribution in [3.8, 4) is 0 Å². The van der Waals surface area contributed by atoms with Crippen LogP contribution in [0.25, 0.3) is 11.2 Å². The molecule has 88 valence electrons. The molecule has 0 aliphatic heterocycles. The van der Waals surface area contributed by atoms with E-state index in [2.05, 4.69) is 28.5 Å². The highest BCUT2D eigenvalue weighted by atomic mass is 35.5. The Morgan fingerprint density at radius 1 is 1.38 bits per heavy atom. The van der Waals surface area contributed by atoms with Crippen LogP contribution in [0.15, 0.2) is 0 Å². The topological polar surface area (TPSA) is 35.6 Å². The summed E-state index contributed by atoms with van der Waals surface area (Å²) in [4.78, 5) is 4.55. The lowest BCUT2D eigenvalue weighted by atomic mass is 10.2. The summed E-state index contributed by atoms with van der Waals surface area (Å²) in [6.07, 6.45) is 0. The van der Waals surface area contributed by atoms with Gasteiger partial charge < -0.3 is 4.57 Å². The summed E-state index contributed by atoms with van der Waals surface area (Å²) < 4.78 is 4.06. The molecule has 0 aliphatic carbocycles. The Labute approximate surface area is 100 Å². The highest BCUT2D eigenvalue weighted by molar-refractivity contribution is 6.16. The van der Waals surface area contributed by atoms with Crippen molar-refractivity contribution in [2.75, 3.05) is 0 Å². The number of nitrogens with zero attached hydrogens (tertiary/aromatic N) is 4. The zero-order valence-corrected chi connectivity index (χ0v) is 10.9. The van der Waals surface area contributed by atoms with E-state index in [9.17, 15) is 0 Å². The van der Waals surface area contributed by atoms with Crippen LogP contribution in [0.1, 0.15) is 25.4 Å². The molecular weight excluding hydrogens is 224 g/mol. The highest BCUT2D eigenvalue weighted by Gasteiger charge is 2.16. The summed E-state index contributed by atoms with van der Waals surface area (Å²) in [7, 11) is 1.95. The molecular formula is C11H17ClN4. The van der Waals surface area contributed by atoms with Gasteiger partial charge in [-0.25, -0.2) is 4.98 Å². The van der Waals surface area contributed by atoms with Crippen LogP contribution in [0.2, 0.25) is 0 Å². The summed E-state index contributed by atoms with van der Waals surface area (Å²) in [5.74, 6) is 1.94. The van der Waals surface area contributed by atoms with Gasteiger partial charge in [0.1, 0.15) is 11.3 Å². The van der Waals surface area contributed by atoms with Crippen molar-refractivity contribution in [2.45, 2.75) is 33.2 Å². The monoisotopic (exact) mass is 240 g/mol. The largest absolute Gasteiger partial charge is 0.312 e. The van der Waals surface area contributed by atoms with Gasteiger partial charge in [-0.1, -0.05) is 13.8 Å². The Hall–Kier alpha value is -1.03. The fraction of sp³-hybridized carbons (Fsp3) is 0.636. The van der Waals surface area contributed by atoms with Crippen molar-refractivity contribution in [3.05, 3.63) is 11.5 Å². The van der Waals surface area contributed by atoms with Crippen LogP contribution < -0.4 is 0 Å². The summed E-state index contributed by atoms with van der Waals surface area (Å²) in [6, 6.07) is 0. The Bertz CT molecular complexity index is 509. The molecule has 2 aromatic rings. The van der Waals surface area contributed by atoms with Gasteiger partial charge in [0, 0.05) is 13.6 Å². The normalized spacial score (nSPS) is 11.9. The molecule has 0 atom stereocenters. The summed E-state index contributed by atoms with van der Waals surface area (Å²) >= 11 is 5.94. The second-order valence-electron chi connectivity index (χ2n) is 4.55. The summed E-state index contributed by atoms with van der Waals surface area (Å²) in [5.41, 5.74) is 3.01. The molecule has 4 nitrogen and oxygen atoms in total. The van der Waals surface area contributed by atoms with Gasteiger partial charge in [-0.05, 0) is 12.8 Å². The lowest BCUT2D eigenvalue weighted by Gasteiger charge is -2.10. The van der Waals surface area contributed by atoms with Gasteiger partial charge in [-0.2, -0.15) is 5.10 Å². The van der Waals surface area contributed by atoms with Crippen molar-refractivity contribution >= 4 is 22.8 Å². The van der Waals surface area contributed by atoms with E-state index < -0.39 is 0 Å². The molecule has 0 aromatic carbocycles. The lowest BCUT2D eigenvalue weighted by Crippen LogP contribution is -2.10. The maximum absolute atomic E-state index is 5.94. The zero-order chi connectivity index (χ0) is 11.9. The van der Waals surface area contributed by atoms with E-state index in [1.165, 1.54) is 0 Å². The van der Waals surface area contributed by atoms with Gasteiger partial charge >= 0.3 is 0 Å². The number of imidazole rings is 1. The first-order valence-corrected chi connectivity index (χ1v) is 6.02. The van der Waals surface area contributed by atoms with Crippen molar-refractivity contribution in [1.82, 2.24) is 19.3 Å². The van der Waals surface area contributed by atoms with Gasteiger partial charge in [-0.3, -0.25) is 4.68 Å². The molecule has 0 amide bonds. The van der Waals surface area contributed by atoms with Crippen LogP contribution >= 0.6 is 11.6 Å². The molecule has 0 aliphatic rings. The first-order valence-electron chi connectivity index (χ1n) is 5.49. The SMILES string of the molecule is Cc1nn(C)c2c1nc(CCl)n2CC(C)C. The van der Waals surface area contributed by atoms with Crippen LogP contribution in [0, 0.1) is 12.8 Å². The Morgan fingerprint density at radius 3 is 2.62 bits per heavy atom. The van der Waals surface area contributed by atoms with Crippen LogP contribution in [0.4, 0.5) is 0 Å². The van der Waals surface area contributed by atoms with E-state index in [0.29, 0.717) is 11.8 Å². The second-order valence-corrected chi connectivity index (χ2v) is 4.81. The van der Waals surface area contributed by atoms with Gasteiger partial charge in [-0.15, -0.1) is 11.6 Å². The minimum Gasteiger partial charge on any atom is -0.312 e. The first kappa shape index (κ1) is 11.5. The second kappa shape index (κ2) is 4.09. The first-order chi connectivity index (χ1) is 7.54. The van der Waals surface area contributed by atoms with Crippen LogP contribution in [0.3, 0.4) is 0 Å². The molecule has 0 unspecified atom stereocenters. The number of alkyl halides is 1. The van der Waals surface area contributed by atoms with Crippen molar-refractivity contribution in [2.24, 2.45) is 13.0 Å². The number of halogens is 1. The molecule has 0 bridgehead atoms. The smallest absolute Gasteiger partial charge is 0.158 e. The average molecular weight is 241 g/mol. The van der Waals surface area contributed by atoms with Gasteiger partial charge in [0.05, 0.1) is 11.6 Å². The molecule has 2 aromatic heterocycles. The molecule has 0 spiro atoms. The number of aromatic nitrogens is 4. The zero-order valence-electron chi connectivity index (χ0n) is 10.2. The highest BCUT2D eigenvalue weighted by Crippen LogP contribution is 2.21. The Morgan fingerprint density at radius 2 is 2.06 bits per heavy atom. The third kappa shape index (κ3) is 1.71. The fourth-order valence-electron chi connectivity index (χ4n) is 2.04. The van der Waals surface area contributed by atoms with Crippen molar-refractivity contribution in [3.63, 3.8) is 0 Å². The molecule has 0 N–H and O–H groups in total. The molecule has 5 heteroatoms. The van der Waals surface area contributed by atoms with E-state index in [0.717, 1.165) is 29.2 Å². The van der Waals surface area contributed by atoms with Gasteiger partial charge in [0.2, 0.25) is 0 Å². The number of hydrogen-bond donors (Lipinski definition) is 0. The van der Waals surface area contributed by atoms with E-state index in [-0.39, 0.29) is 0 Å². The summed E-state index contributed by atoms with van der Waals surface area (Å²) in [5, 5.41) is 4.38. The summed E-state index contributed by atoms with van der Waals surface area (Å²) in [6.45, 7) is 7.28. The number of hydrogen-bond acceptors (Lipinski definition) is 2. The molecule has 16 heavy (non-hydrogen) atoms. The quantitative estimate of drug-likeness (QED) is 0.773. The number of fused-ring (bicyclic) bond motifs is 1. The van der Waals surface area contributed by atoms with E-state index in [1.54, 1.807) is 0 Å². The molecule has 0 saturated carbocycles.